The van der Waals surface area contributed by atoms with E-state index in [4.69, 9.17) is 4.43 Å². The third-order valence-corrected chi connectivity index (χ3v) is 7.81. The molecule has 1 N–H and O–H groups in total. The van der Waals surface area contributed by atoms with Crippen LogP contribution in [0.3, 0.4) is 0 Å². The second kappa shape index (κ2) is 6.50. The monoisotopic (exact) mass is 274 g/mol. The van der Waals surface area contributed by atoms with Gasteiger partial charge < -0.3 is 14.3 Å². The molecule has 0 saturated heterocycles. The minimum absolute atomic E-state index is 0.0548. The lowest BCUT2D eigenvalue weighted by molar-refractivity contribution is -0.134. The molecule has 0 radical (unpaired) electrons. The molecule has 0 bridgehead atoms. The number of aliphatic hydroxyl groups is 1. The summed E-state index contributed by atoms with van der Waals surface area (Å²) in [5.41, 5.74) is 0. The van der Waals surface area contributed by atoms with Gasteiger partial charge in [0.15, 0.2) is 8.32 Å². The molecule has 0 heterocycles. The first-order valence-electron chi connectivity index (χ1n) is 6.13. The van der Waals surface area contributed by atoms with Crippen LogP contribution in [-0.4, -0.2) is 38.7 Å². The number of hydrogen-bond donors (Lipinski definition) is 1. The van der Waals surface area contributed by atoms with Gasteiger partial charge in [0.05, 0.1) is 19.3 Å². The van der Waals surface area contributed by atoms with Gasteiger partial charge in [-0.25, -0.2) is 4.79 Å². The van der Waals surface area contributed by atoms with Crippen molar-refractivity contribution in [2.75, 3.05) is 7.11 Å². The van der Waals surface area contributed by atoms with Crippen LogP contribution in [0.15, 0.2) is 12.2 Å². The van der Waals surface area contributed by atoms with E-state index in [1.54, 1.807) is 13.0 Å². The summed E-state index contributed by atoms with van der Waals surface area (Å²) < 4.78 is 10.6. The number of rotatable bonds is 5. The van der Waals surface area contributed by atoms with Crippen LogP contribution in [0.25, 0.3) is 0 Å². The molecule has 0 amide bonds. The Kier molecular flexibility index (Phi) is 6.26. The van der Waals surface area contributed by atoms with Crippen LogP contribution in [0.1, 0.15) is 27.7 Å². The Balaban J connectivity index is 4.85. The van der Waals surface area contributed by atoms with Gasteiger partial charge in [0.1, 0.15) is 0 Å². The summed E-state index contributed by atoms with van der Waals surface area (Å²) in [6, 6.07) is 0. The standard InChI is InChI=1S/C13H26O4Si/c1-10(14)11(8-9-12(15)16-5)17-18(6,7)13(2,3)4/h8-11,14H,1-7H3/b9-8+/t10-,11+/m0/s1. The van der Waals surface area contributed by atoms with Crippen molar-refractivity contribution in [1.29, 1.82) is 0 Å². The fourth-order valence-electron chi connectivity index (χ4n) is 1.06. The highest BCUT2D eigenvalue weighted by atomic mass is 28.4. The van der Waals surface area contributed by atoms with Crippen LogP contribution < -0.4 is 0 Å². The summed E-state index contributed by atoms with van der Waals surface area (Å²) in [7, 11) is -0.658. The van der Waals surface area contributed by atoms with E-state index in [1.165, 1.54) is 13.2 Å². The molecule has 106 valence electrons. The Labute approximate surface area is 111 Å². The molecule has 0 aromatic heterocycles. The van der Waals surface area contributed by atoms with Gasteiger partial charge in [-0.05, 0) is 31.1 Å². The van der Waals surface area contributed by atoms with E-state index in [0.717, 1.165) is 0 Å². The molecule has 5 heteroatoms. The van der Waals surface area contributed by atoms with Crippen molar-refractivity contribution in [2.45, 2.75) is 58.0 Å². The molecular formula is C13H26O4Si. The average molecular weight is 274 g/mol. The molecule has 2 atom stereocenters. The van der Waals surface area contributed by atoms with Gasteiger partial charge >= 0.3 is 5.97 Å². The van der Waals surface area contributed by atoms with Crippen molar-refractivity contribution in [3.05, 3.63) is 12.2 Å². The van der Waals surface area contributed by atoms with Crippen molar-refractivity contribution in [2.24, 2.45) is 0 Å². The maximum absolute atomic E-state index is 11.1. The lowest BCUT2D eigenvalue weighted by Gasteiger charge is -2.39. The van der Waals surface area contributed by atoms with Crippen molar-refractivity contribution >= 4 is 14.3 Å². The van der Waals surface area contributed by atoms with Crippen LogP contribution in [0.2, 0.25) is 18.1 Å². The molecule has 18 heavy (non-hydrogen) atoms. The smallest absolute Gasteiger partial charge is 0.330 e. The van der Waals surface area contributed by atoms with E-state index < -0.39 is 26.5 Å². The largest absolute Gasteiger partial charge is 0.466 e. The lowest BCUT2D eigenvalue weighted by atomic mass is 10.2. The molecule has 0 spiro atoms. The molecular weight excluding hydrogens is 248 g/mol. The summed E-state index contributed by atoms with van der Waals surface area (Å²) in [6.45, 7) is 12.2. The number of methoxy groups -OCH3 is 1. The fraction of sp³-hybridized carbons (Fsp3) is 0.769. The molecule has 4 nitrogen and oxygen atoms in total. The van der Waals surface area contributed by atoms with E-state index in [1.807, 2.05) is 0 Å². The summed E-state index contributed by atoms with van der Waals surface area (Å²) in [4.78, 5) is 11.1. The second-order valence-corrected chi connectivity index (χ2v) is 10.7. The summed E-state index contributed by atoms with van der Waals surface area (Å²) >= 11 is 0. The van der Waals surface area contributed by atoms with E-state index in [0.29, 0.717) is 0 Å². The summed E-state index contributed by atoms with van der Waals surface area (Å²) in [5.74, 6) is -0.445. The van der Waals surface area contributed by atoms with Crippen LogP contribution >= 0.6 is 0 Å². The molecule has 0 aliphatic rings. The lowest BCUT2D eigenvalue weighted by Crippen LogP contribution is -2.46. The molecule has 0 aromatic carbocycles. The van der Waals surface area contributed by atoms with Gasteiger partial charge in [0, 0.05) is 6.08 Å². The molecule has 0 aliphatic carbocycles. The normalized spacial score (nSPS) is 16.7. The van der Waals surface area contributed by atoms with Gasteiger partial charge in [0.25, 0.3) is 0 Å². The highest BCUT2D eigenvalue weighted by Crippen LogP contribution is 2.37. The third-order valence-electron chi connectivity index (χ3n) is 3.34. The van der Waals surface area contributed by atoms with Crippen molar-refractivity contribution in [1.82, 2.24) is 0 Å². The second-order valence-electron chi connectivity index (χ2n) is 5.97. The molecule has 0 saturated carbocycles. The van der Waals surface area contributed by atoms with Gasteiger partial charge in [-0.1, -0.05) is 20.8 Å². The van der Waals surface area contributed by atoms with Crippen LogP contribution in [-0.2, 0) is 14.0 Å². The minimum Gasteiger partial charge on any atom is -0.466 e. The number of carbonyl (C=O) groups excluding carboxylic acids is 1. The number of hydrogen-bond acceptors (Lipinski definition) is 4. The Bertz CT molecular complexity index is 303. The Hall–Kier alpha value is -0.653. The maximum Gasteiger partial charge on any atom is 0.330 e. The third kappa shape index (κ3) is 5.33. The van der Waals surface area contributed by atoms with Gasteiger partial charge in [-0.3, -0.25) is 0 Å². The number of esters is 1. The zero-order valence-electron chi connectivity index (χ0n) is 12.5. The topological polar surface area (TPSA) is 55.8 Å². The van der Waals surface area contributed by atoms with Crippen LogP contribution in [0.5, 0.6) is 0 Å². The first-order chi connectivity index (χ1) is 8.01. The van der Waals surface area contributed by atoms with Gasteiger partial charge in [0.2, 0.25) is 0 Å². The van der Waals surface area contributed by atoms with Crippen molar-refractivity contribution < 1.29 is 19.1 Å². The zero-order chi connectivity index (χ0) is 14.6. The maximum atomic E-state index is 11.1. The first-order valence-corrected chi connectivity index (χ1v) is 9.04. The highest BCUT2D eigenvalue weighted by molar-refractivity contribution is 6.74. The molecule has 0 rings (SSSR count). The predicted molar refractivity (Wildman–Crippen MR) is 74.9 cm³/mol. The molecule has 0 aromatic rings. The van der Waals surface area contributed by atoms with Crippen molar-refractivity contribution in [3.63, 3.8) is 0 Å². The Morgan fingerprint density at radius 2 is 1.83 bits per heavy atom. The number of carbonyl (C=O) groups is 1. The predicted octanol–water partition coefficient (Wildman–Crippen LogP) is 2.49. The fourth-order valence-corrected chi connectivity index (χ4v) is 2.37. The number of aliphatic hydroxyl groups excluding tert-OH is 1. The molecule has 0 aliphatic heterocycles. The average Bonchev–Trinajstić information content (AvgIpc) is 2.21. The molecule has 0 fully saturated rings. The zero-order valence-corrected chi connectivity index (χ0v) is 13.5. The van der Waals surface area contributed by atoms with E-state index >= 15 is 0 Å². The van der Waals surface area contributed by atoms with Gasteiger partial charge in [-0.2, -0.15) is 0 Å². The van der Waals surface area contributed by atoms with E-state index in [-0.39, 0.29) is 5.04 Å². The highest BCUT2D eigenvalue weighted by Gasteiger charge is 2.39. The van der Waals surface area contributed by atoms with Crippen LogP contribution in [0.4, 0.5) is 0 Å². The number of ether oxygens (including phenoxy) is 1. The SMILES string of the molecule is COC(=O)/C=C/[C@@H](O[Si](C)(C)C(C)(C)C)[C@H](C)O. The Morgan fingerprint density at radius 1 is 1.33 bits per heavy atom. The summed E-state index contributed by atoms with van der Waals surface area (Å²) in [5, 5.41) is 9.78. The van der Waals surface area contributed by atoms with Crippen LogP contribution in [0, 0.1) is 0 Å². The summed E-state index contributed by atoms with van der Waals surface area (Å²) in [6.07, 6.45) is 1.71. The Morgan fingerprint density at radius 3 is 2.17 bits per heavy atom. The van der Waals surface area contributed by atoms with E-state index in [2.05, 4.69) is 38.6 Å². The minimum atomic E-state index is -1.98. The first kappa shape index (κ1) is 17.3. The van der Waals surface area contributed by atoms with E-state index in [9.17, 15) is 9.90 Å². The van der Waals surface area contributed by atoms with Gasteiger partial charge in [-0.15, -0.1) is 0 Å². The quantitative estimate of drug-likeness (QED) is 0.475. The molecule has 0 unspecified atom stereocenters. The van der Waals surface area contributed by atoms with Crippen molar-refractivity contribution in [3.8, 4) is 0 Å².